The third-order valence-corrected chi connectivity index (χ3v) is 3.35. The Morgan fingerprint density at radius 3 is 1.71 bits per heavy atom. The Balaban J connectivity index is 2.81. The smallest absolute Gasteiger partial charge is 0.200 e. The second-order valence-electron chi connectivity index (χ2n) is 4.82. The number of halogens is 5. The number of rotatable bonds is 7. The lowest BCUT2D eigenvalue weighted by molar-refractivity contribution is 0.269. The number of benzene rings is 1. The summed E-state index contributed by atoms with van der Waals surface area (Å²) in [6, 6.07) is -0.153. The second kappa shape index (κ2) is 7.70. The fourth-order valence-corrected chi connectivity index (χ4v) is 2.02. The van der Waals surface area contributed by atoms with Crippen LogP contribution in [0.1, 0.15) is 26.3 Å². The van der Waals surface area contributed by atoms with Crippen molar-refractivity contribution in [2.75, 3.05) is 19.6 Å². The molecule has 7 heteroatoms. The zero-order valence-corrected chi connectivity index (χ0v) is 12.2. The lowest BCUT2D eigenvalue weighted by Gasteiger charge is -2.23. The van der Waals surface area contributed by atoms with Crippen molar-refractivity contribution in [1.82, 2.24) is 10.2 Å². The van der Waals surface area contributed by atoms with Crippen molar-refractivity contribution < 1.29 is 22.0 Å². The van der Waals surface area contributed by atoms with Crippen molar-refractivity contribution in [2.24, 2.45) is 0 Å². The first kappa shape index (κ1) is 17.8. The summed E-state index contributed by atoms with van der Waals surface area (Å²) in [5.41, 5.74) is -0.835. The van der Waals surface area contributed by atoms with E-state index >= 15 is 0 Å². The van der Waals surface area contributed by atoms with Crippen molar-refractivity contribution in [3.63, 3.8) is 0 Å². The van der Waals surface area contributed by atoms with Gasteiger partial charge in [-0.1, -0.05) is 13.8 Å². The summed E-state index contributed by atoms with van der Waals surface area (Å²) in [4.78, 5) is 2.08. The lowest BCUT2D eigenvalue weighted by Crippen LogP contribution is -2.39. The normalized spacial score (nSPS) is 13.0. The number of likely N-dealkylation sites (N-methyl/N-ethyl adjacent to an activating group) is 1. The van der Waals surface area contributed by atoms with Crippen molar-refractivity contribution in [2.45, 2.75) is 33.4 Å². The standard InChI is InChI=1S/C14H19F5N2/c1-4-21(5-2)7-8(3)20-6-9-10(15)12(17)14(19)13(18)11(9)16/h8,20H,4-7H2,1-3H3. The van der Waals surface area contributed by atoms with Crippen LogP contribution in [0.2, 0.25) is 0 Å². The van der Waals surface area contributed by atoms with Crippen molar-refractivity contribution in [3.05, 3.63) is 34.6 Å². The van der Waals surface area contributed by atoms with Gasteiger partial charge in [-0.25, -0.2) is 22.0 Å². The molecule has 1 unspecified atom stereocenters. The summed E-state index contributed by atoms with van der Waals surface area (Å²) in [7, 11) is 0. The van der Waals surface area contributed by atoms with Gasteiger partial charge in [-0.2, -0.15) is 0 Å². The molecule has 0 spiro atoms. The third kappa shape index (κ3) is 4.14. The van der Waals surface area contributed by atoms with Crippen LogP contribution in [0.4, 0.5) is 22.0 Å². The van der Waals surface area contributed by atoms with Gasteiger partial charge < -0.3 is 10.2 Å². The minimum absolute atomic E-state index is 0.153. The third-order valence-electron chi connectivity index (χ3n) is 3.35. The number of nitrogens with zero attached hydrogens (tertiary/aromatic N) is 1. The molecule has 2 nitrogen and oxygen atoms in total. The summed E-state index contributed by atoms with van der Waals surface area (Å²) < 4.78 is 66.0. The van der Waals surface area contributed by atoms with E-state index in [1.54, 1.807) is 6.92 Å². The van der Waals surface area contributed by atoms with E-state index in [0.29, 0.717) is 6.54 Å². The Morgan fingerprint density at radius 2 is 1.29 bits per heavy atom. The first-order chi connectivity index (χ1) is 9.83. The largest absolute Gasteiger partial charge is 0.309 e. The molecule has 1 rings (SSSR count). The summed E-state index contributed by atoms with van der Waals surface area (Å²) in [6.45, 7) is 7.54. The van der Waals surface area contributed by atoms with E-state index in [1.165, 1.54) is 0 Å². The van der Waals surface area contributed by atoms with Crippen LogP contribution >= 0.6 is 0 Å². The quantitative estimate of drug-likeness (QED) is 0.473. The van der Waals surface area contributed by atoms with Crippen LogP contribution in [0.15, 0.2) is 0 Å². The molecular formula is C14H19F5N2. The average molecular weight is 310 g/mol. The maximum atomic E-state index is 13.5. The molecule has 1 N–H and O–H groups in total. The van der Waals surface area contributed by atoms with Gasteiger partial charge in [0.25, 0.3) is 0 Å². The maximum absolute atomic E-state index is 13.5. The second-order valence-corrected chi connectivity index (χ2v) is 4.82. The molecule has 0 fully saturated rings. The molecule has 0 saturated carbocycles. The van der Waals surface area contributed by atoms with Gasteiger partial charge in [0.15, 0.2) is 23.3 Å². The molecule has 1 aromatic rings. The molecule has 0 amide bonds. The van der Waals surface area contributed by atoms with E-state index in [-0.39, 0.29) is 6.04 Å². The Morgan fingerprint density at radius 1 is 0.857 bits per heavy atom. The Labute approximate surface area is 120 Å². The van der Waals surface area contributed by atoms with Gasteiger partial charge in [0.05, 0.1) is 0 Å². The van der Waals surface area contributed by atoms with E-state index in [9.17, 15) is 22.0 Å². The zero-order chi connectivity index (χ0) is 16.2. The molecule has 0 aromatic heterocycles. The van der Waals surface area contributed by atoms with Gasteiger partial charge in [0, 0.05) is 24.7 Å². The molecular weight excluding hydrogens is 291 g/mol. The predicted molar refractivity (Wildman–Crippen MR) is 70.3 cm³/mol. The van der Waals surface area contributed by atoms with E-state index in [4.69, 9.17) is 0 Å². The lowest BCUT2D eigenvalue weighted by atomic mass is 10.1. The van der Waals surface area contributed by atoms with Gasteiger partial charge >= 0.3 is 0 Å². The van der Waals surface area contributed by atoms with Gasteiger partial charge in [0.1, 0.15) is 0 Å². The Hall–Kier alpha value is -1.21. The Bertz CT molecular complexity index is 460. The average Bonchev–Trinajstić information content (AvgIpc) is 2.48. The number of nitrogens with one attached hydrogen (secondary N) is 1. The van der Waals surface area contributed by atoms with Crippen LogP contribution in [0.25, 0.3) is 0 Å². The SMILES string of the molecule is CCN(CC)CC(C)NCc1c(F)c(F)c(F)c(F)c1F. The fraction of sp³-hybridized carbons (Fsp3) is 0.571. The summed E-state index contributed by atoms with van der Waals surface area (Å²) in [5, 5.41) is 2.78. The van der Waals surface area contributed by atoms with Crippen LogP contribution < -0.4 is 5.32 Å². The maximum Gasteiger partial charge on any atom is 0.200 e. The molecule has 0 aliphatic rings. The summed E-state index contributed by atoms with van der Waals surface area (Å²) >= 11 is 0. The highest BCUT2D eigenvalue weighted by molar-refractivity contribution is 5.24. The van der Waals surface area contributed by atoms with Gasteiger partial charge in [-0.3, -0.25) is 0 Å². The minimum Gasteiger partial charge on any atom is -0.309 e. The molecule has 120 valence electrons. The molecule has 21 heavy (non-hydrogen) atoms. The minimum atomic E-state index is -2.13. The van der Waals surface area contributed by atoms with E-state index in [0.717, 1.165) is 13.1 Å². The van der Waals surface area contributed by atoms with Gasteiger partial charge in [0.2, 0.25) is 5.82 Å². The van der Waals surface area contributed by atoms with Crippen LogP contribution in [-0.2, 0) is 6.54 Å². The summed E-state index contributed by atoms with van der Waals surface area (Å²) in [5.74, 6) is -9.53. The zero-order valence-electron chi connectivity index (χ0n) is 12.2. The van der Waals surface area contributed by atoms with E-state index in [1.807, 2.05) is 13.8 Å². The molecule has 0 aliphatic carbocycles. The Kier molecular flexibility index (Phi) is 6.54. The number of hydrogen-bond donors (Lipinski definition) is 1. The van der Waals surface area contributed by atoms with Crippen molar-refractivity contribution in [1.29, 1.82) is 0 Å². The van der Waals surface area contributed by atoms with E-state index in [2.05, 4.69) is 10.2 Å². The van der Waals surface area contributed by atoms with Crippen LogP contribution in [-0.4, -0.2) is 30.6 Å². The first-order valence-electron chi connectivity index (χ1n) is 6.79. The monoisotopic (exact) mass is 310 g/mol. The van der Waals surface area contributed by atoms with Crippen LogP contribution in [0.5, 0.6) is 0 Å². The van der Waals surface area contributed by atoms with Crippen molar-refractivity contribution >= 4 is 0 Å². The van der Waals surface area contributed by atoms with Gasteiger partial charge in [-0.15, -0.1) is 0 Å². The highest BCUT2D eigenvalue weighted by Crippen LogP contribution is 2.22. The molecule has 1 atom stereocenters. The first-order valence-corrected chi connectivity index (χ1v) is 6.79. The predicted octanol–water partition coefficient (Wildman–Crippen LogP) is 3.20. The highest BCUT2D eigenvalue weighted by atomic mass is 19.2. The molecule has 0 bridgehead atoms. The van der Waals surface area contributed by atoms with Gasteiger partial charge in [-0.05, 0) is 20.0 Å². The molecule has 0 heterocycles. The highest BCUT2D eigenvalue weighted by Gasteiger charge is 2.25. The number of hydrogen-bond acceptors (Lipinski definition) is 2. The van der Waals surface area contributed by atoms with Crippen LogP contribution in [0.3, 0.4) is 0 Å². The topological polar surface area (TPSA) is 15.3 Å². The molecule has 0 aliphatic heterocycles. The van der Waals surface area contributed by atoms with Crippen molar-refractivity contribution in [3.8, 4) is 0 Å². The summed E-state index contributed by atoms with van der Waals surface area (Å²) in [6.07, 6.45) is 0. The molecule has 0 saturated heterocycles. The van der Waals surface area contributed by atoms with E-state index < -0.39 is 41.2 Å². The fourth-order valence-electron chi connectivity index (χ4n) is 2.02. The van der Waals surface area contributed by atoms with Crippen LogP contribution in [0, 0.1) is 29.1 Å². The molecule has 1 aromatic carbocycles. The molecule has 0 radical (unpaired) electrons.